The molecular weight excluding hydrogens is 420 g/mol. The largest absolute Gasteiger partial charge is 1.00 e. The summed E-state index contributed by atoms with van der Waals surface area (Å²) in [5.74, 6) is -0.662. The highest BCUT2D eigenvalue weighted by Crippen LogP contribution is 2.12. The van der Waals surface area contributed by atoms with Gasteiger partial charge in [-0.15, -0.1) is 0 Å². The van der Waals surface area contributed by atoms with Crippen molar-refractivity contribution in [2.45, 2.75) is 25.7 Å². The molecule has 0 radical (unpaired) electrons. The van der Waals surface area contributed by atoms with Crippen LogP contribution in [-0.4, -0.2) is 23.6 Å². The summed E-state index contributed by atoms with van der Waals surface area (Å²) in [5.41, 5.74) is 1.02. The van der Waals surface area contributed by atoms with E-state index in [9.17, 15) is 19.2 Å². The maximum Gasteiger partial charge on any atom is 0.325 e. The standard InChI is InChI=1S/C14H12N2O4.2BrH/c17-11-4-5-12(18)15(11)9-2-1-3-10(8-9)16-13(19)6-7-14(16)20;;/h1-3,8H,4-7H2;2*1H. The van der Waals surface area contributed by atoms with E-state index < -0.39 is 0 Å². The van der Waals surface area contributed by atoms with Gasteiger partial charge in [-0.1, -0.05) is 6.07 Å². The zero-order chi connectivity index (χ0) is 14.3. The van der Waals surface area contributed by atoms with Gasteiger partial charge >= 0.3 is 23.6 Å². The van der Waals surface area contributed by atoms with Gasteiger partial charge in [-0.05, 0) is 0 Å². The highest BCUT2D eigenvalue weighted by atomic mass is 79.9. The molecule has 0 unspecified atom stereocenters. The Labute approximate surface area is 148 Å². The minimum Gasteiger partial charge on any atom is -1.00 e. The minimum absolute atomic E-state index is 0. The van der Waals surface area contributed by atoms with Gasteiger partial charge in [-0.3, -0.25) is 0 Å². The van der Waals surface area contributed by atoms with Crippen molar-refractivity contribution in [1.29, 1.82) is 0 Å². The number of carbonyl (C=O) groups excluding carboxylic acids is 4. The molecule has 2 fully saturated rings. The predicted octanol–water partition coefficient (Wildman–Crippen LogP) is -7.58. The lowest BCUT2D eigenvalue weighted by molar-refractivity contribution is -0.663. The van der Waals surface area contributed by atoms with Crippen molar-refractivity contribution < 1.29 is 62.9 Å². The van der Waals surface area contributed by atoms with Crippen molar-refractivity contribution in [3.63, 3.8) is 0 Å². The van der Waals surface area contributed by atoms with Crippen molar-refractivity contribution in [3.8, 4) is 0 Å². The average Bonchev–Trinajstić information content (AvgIpc) is 2.93. The zero-order valence-corrected chi connectivity index (χ0v) is 14.7. The van der Waals surface area contributed by atoms with Crippen LogP contribution in [0.4, 0.5) is 11.4 Å². The molecule has 6 nitrogen and oxygen atoms in total. The Bertz CT molecular complexity index is 564. The maximum atomic E-state index is 11.7. The van der Waals surface area contributed by atoms with E-state index in [0.717, 1.165) is 0 Å². The summed E-state index contributed by atoms with van der Waals surface area (Å²) in [5, 5.41) is 0. The molecule has 2 aliphatic heterocycles. The third-order valence-corrected chi connectivity index (χ3v) is 3.71. The first-order valence-corrected chi connectivity index (χ1v) is 6.55. The lowest BCUT2D eigenvalue weighted by Gasteiger charge is -2.10. The molecule has 2 aliphatic rings. The first kappa shape index (κ1) is 18.8. The first-order chi connectivity index (χ1) is 9.58. The molecule has 2 heterocycles. The number of quaternary nitrogens is 2. The number of imide groups is 2. The normalized spacial score (nSPS) is 19.3. The SMILES string of the molecule is O=C1CCC(=O)[NH+]1c1cccc([NH+]2C(=O)CCC2=O)c1.[Br-].[Br-]. The van der Waals surface area contributed by atoms with Crippen LogP contribution in [0.2, 0.25) is 0 Å². The molecule has 1 aromatic carbocycles. The summed E-state index contributed by atoms with van der Waals surface area (Å²) in [6.07, 6.45) is 0.972. The Morgan fingerprint density at radius 1 is 0.636 bits per heavy atom. The van der Waals surface area contributed by atoms with Crippen LogP contribution in [-0.2, 0) is 19.2 Å². The lowest BCUT2D eigenvalue weighted by Crippen LogP contribution is -3.11. The van der Waals surface area contributed by atoms with Crippen LogP contribution in [0.15, 0.2) is 24.3 Å². The van der Waals surface area contributed by atoms with Crippen LogP contribution in [0.3, 0.4) is 0 Å². The molecular formula is C14H14Br2N2O4. The highest BCUT2D eigenvalue weighted by Gasteiger charge is 2.40. The van der Waals surface area contributed by atoms with E-state index in [1.165, 1.54) is 0 Å². The number of benzene rings is 1. The Hall–Kier alpha value is -1.22. The van der Waals surface area contributed by atoms with Crippen molar-refractivity contribution >= 4 is 35.0 Å². The van der Waals surface area contributed by atoms with Crippen LogP contribution in [0.1, 0.15) is 25.7 Å². The van der Waals surface area contributed by atoms with E-state index in [1.54, 1.807) is 24.3 Å². The number of amides is 4. The smallest absolute Gasteiger partial charge is 0.325 e. The third kappa shape index (κ3) is 3.24. The van der Waals surface area contributed by atoms with Crippen LogP contribution < -0.4 is 43.8 Å². The quantitative estimate of drug-likeness (QED) is 0.454. The van der Waals surface area contributed by atoms with Crippen LogP contribution in [0, 0.1) is 0 Å². The monoisotopic (exact) mass is 432 g/mol. The number of halogens is 2. The highest BCUT2D eigenvalue weighted by molar-refractivity contribution is 5.92. The van der Waals surface area contributed by atoms with Gasteiger partial charge in [-0.2, -0.15) is 9.80 Å². The number of hydrogen-bond acceptors (Lipinski definition) is 4. The molecule has 3 rings (SSSR count). The van der Waals surface area contributed by atoms with E-state index >= 15 is 0 Å². The Morgan fingerprint density at radius 3 is 1.27 bits per heavy atom. The van der Waals surface area contributed by atoms with Crippen LogP contribution in [0.25, 0.3) is 0 Å². The fourth-order valence-electron chi connectivity index (χ4n) is 2.74. The van der Waals surface area contributed by atoms with Gasteiger partial charge in [0.1, 0.15) is 0 Å². The molecule has 0 aliphatic carbocycles. The average molecular weight is 434 g/mol. The summed E-state index contributed by atoms with van der Waals surface area (Å²) in [6, 6.07) is 6.62. The molecule has 0 bridgehead atoms. The molecule has 0 atom stereocenters. The summed E-state index contributed by atoms with van der Waals surface area (Å²) >= 11 is 0. The van der Waals surface area contributed by atoms with Gasteiger partial charge in [0.2, 0.25) is 0 Å². The number of nitrogens with one attached hydrogen (secondary N) is 2. The molecule has 0 aromatic heterocycles. The Kier molecular flexibility index (Phi) is 6.30. The van der Waals surface area contributed by atoms with Gasteiger partial charge in [0.25, 0.3) is 0 Å². The molecule has 1 aromatic rings. The Balaban J connectivity index is 0.00000121. The molecule has 2 saturated heterocycles. The van der Waals surface area contributed by atoms with Crippen LogP contribution in [0.5, 0.6) is 0 Å². The molecule has 0 saturated carbocycles. The van der Waals surface area contributed by atoms with Gasteiger partial charge in [0.05, 0.1) is 31.7 Å². The molecule has 4 amide bonds. The second-order valence-corrected chi connectivity index (χ2v) is 5.02. The zero-order valence-electron chi connectivity index (χ0n) is 11.5. The van der Waals surface area contributed by atoms with Crippen molar-refractivity contribution in [3.05, 3.63) is 24.3 Å². The molecule has 0 spiro atoms. The van der Waals surface area contributed by atoms with Gasteiger partial charge in [0.15, 0.2) is 11.4 Å². The topological polar surface area (TPSA) is 77.2 Å². The molecule has 118 valence electrons. The first-order valence-electron chi connectivity index (χ1n) is 6.55. The van der Waals surface area contributed by atoms with E-state index in [0.29, 0.717) is 11.4 Å². The molecule has 22 heavy (non-hydrogen) atoms. The minimum atomic E-state index is -0.166. The van der Waals surface area contributed by atoms with E-state index in [1.807, 2.05) is 0 Å². The fraction of sp³-hybridized carbons (Fsp3) is 0.286. The fourth-order valence-corrected chi connectivity index (χ4v) is 2.74. The van der Waals surface area contributed by atoms with Gasteiger partial charge in [-0.25, -0.2) is 19.2 Å². The van der Waals surface area contributed by atoms with Gasteiger partial charge in [0, 0.05) is 12.1 Å². The lowest BCUT2D eigenvalue weighted by atomic mass is 10.2. The summed E-state index contributed by atoms with van der Waals surface area (Å²) in [4.78, 5) is 47.4. The number of hydrogen-bond donors (Lipinski definition) is 2. The van der Waals surface area contributed by atoms with Crippen molar-refractivity contribution in [1.82, 2.24) is 0 Å². The van der Waals surface area contributed by atoms with Crippen molar-refractivity contribution in [2.75, 3.05) is 0 Å². The number of rotatable bonds is 2. The van der Waals surface area contributed by atoms with E-state index in [2.05, 4.69) is 0 Å². The maximum absolute atomic E-state index is 11.7. The Morgan fingerprint density at radius 2 is 0.955 bits per heavy atom. The third-order valence-electron chi connectivity index (χ3n) is 3.71. The summed E-state index contributed by atoms with van der Waals surface area (Å²) < 4.78 is 0. The molecule has 2 N–H and O–H groups in total. The van der Waals surface area contributed by atoms with Gasteiger partial charge < -0.3 is 34.0 Å². The number of carbonyl (C=O) groups is 4. The van der Waals surface area contributed by atoms with Crippen molar-refractivity contribution in [2.24, 2.45) is 0 Å². The second-order valence-electron chi connectivity index (χ2n) is 5.02. The van der Waals surface area contributed by atoms with E-state index in [-0.39, 0.29) is 93.1 Å². The van der Waals surface area contributed by atoms with Crippen LogP contribution >= 0.6 is 0 Å². The summed E-state index contributed by atoms with van der Waals surface area (Å²) in [6.45, 7) is 0. The summed E-state index contributed by atoms with van der Waals surface area (Å²) in [7, 11) is 0. The molecule has 8 heteroatoms. The van der Waals surface area contributed by atoms with E-state index in [4.69, 9.17) is 0 Å². The second kappa shape index (κ2) is 7.36. The predicted molar refractivity (Wildman–Crippen MR) is 66.2 cm³/mol.